The average molecular weight is 615 g/mol. The third-order valence-corrected chi connectivity index (χ3v) is 8.91. The first kappa shape index (κ1) is 31.8. The van der Waals surface area contributed by atoms with E-state index in [9.17, 15) is 18.0 Å². The first-order valence-electron chi connectivity index (χ1n) is 13.2. The van der Waals surface area contributed by atoms with E-state index in [1.54, 1.807) is 24.3 Å². The summed E-state index contributed by atoms with van der Waals surface area (Å²) < 4.78 is 37.4. The minimum atomic E-state index is -3.92. The summed E-state index contributed by atoms with van der Waals surface area (Å²) in [7, 11) is -1.02. The second-order valence-corrected chi connectivity index (χ2v) is 12.5. The van der Waals surface area contributed by atoms with Crippen LogP contribution in [-0.4, -0.2) is 64.2 Å². The maximum Gasteiger partial charge on any atom is 0.244 e. The van der Waals surface area contributed by atoms with Crippen LogP contribution in [0.25, 0.3) is 0 Å². The lowest BCUT2D eigenvalue weighted by Crippen LogP contribution is -2.54. The number of methoxy groups -OCH3 is 2. The van der Waals surface area contributed by atoms with Crippen LogP contribution in [0.2, 0.25) is 10.0 Å². The van der Waals surface area contributed by atoms with Crippen LogP contribution in [0.3, 0.4) is 0 Å². The Labute approximate surface area is 246 Å². The van der Waals surface area contributed by atoms with Crippen LogP contribution in [0.15, 0.2) is 36.4 Å². The highest BCUT2D eigenvalue weighted by Gasteiger charge is 2.33. The molecule has 0 saturated heterocycles. The van der Waals surface area contributed by atoms with Crippen molar-refractivity contribution in [2.24, 2.45) is 0 Å². The van der Waals surface area contributed by atoms with Gasteiger partial charge in [-0.25, -0.2) is 8.42 Å². The van der Waals surface area contributed by atoms with Crippen molar-refractivity contribution < 1.29 is 27.5 Å². The predicted octanol–water partition coefficient (Wildman–Crippen LogP) is 5.03. The van der Waals surface area contributed by atoms with Gasteiger partial charge in [-0.05, 0) is 43.5 Å². The molecule has 2 aromatic carbocycles. The first-order chi connectivity index (χ1) is 19.0. The Balaban J connectivity index is 1.99. The molecule has 12 heteroatoms. The Hall–Kier alpha value is -2.69. The summed E-state index contributed by atoms with van der Waals surface area (Å²) in [6.07, 6.45) is 6.29. The van der Waals surface area contributed by atoms with Crippen molar-refractivity contribution in [3.63, 3.8) is 0 Å². The maximum absolute atomic E-state index is 14.0. The summed E-state index contributed by atoms with van der Waals surface area (Å²) in [5.41, 5.74) is 0.684. The molecule has 0 aliphatic heterocycles. The highest BCUT2D eigenvalue weighted by molar-refractivity contribution is 7.92. The molecule has 1 fully saturated rings. The third-order valence-electron chi connectivity index (χ3n) is 7.06. The minimum Gasteiger partial charge on any atom is -0.493 e. The molecule has 0 bridgehead atoms. The average Bonchev–Trinajstić information content (AvgIpc) is 2.92. The van der Waals surface area contributed by atoms with E-state index in [4.69, 9.17) is 32.7 Å². The molecule has 0 aromatic heterocycles. The minimum absolute atomic E-state index is 0.0374. The van der Waals surface area contributed by atoms with Gasteiger partial charge in [0.15, 0.2) is 11.5 Å². The Morgan fingerprint density at radius 2 is 1.65 bits per heavy atom. The van der Waals surface area contributed by atoms with E-state index in [-0.39, 0.29) is 24.2 Å². The number of nitrogens with one attached hydrogen (secondary N) is 1. The number of rotatable bonds is 12. The summed E-state index contributed by atoms with van der Waals surface area (Å²) in [6, 6.07) is 8.74. The van der Waals surface area contributed by atoms with Crippen LogP contribution in [0.1, 0.15) is 51.0 Å². The van der Waals surface area contributed by atoms with Crippen LogP contribution >= 0.6 is 23.2 Å². The highest BCUT2D eigenvalue weighted by atomic mass is 35.5. The second kappa shape index (κ2) is 14.3. The van der Waals surface area contributed by atoms with Gasteiger partial charge < -0.3 is 19.7 Å². The summed E-state index contributed by atoms with van der Waals surface area (Å²) in [6.45, 7) is 1.18. The van der Waals surface area contributed by atoms with Gasteiger partial charge >= 0.3 is 0 Å². The molecule has 1 atom stereocenters. The van der Waals surface area contributed by atoms with Crippen molar-refractivity contribution in [2.75, 3.05) is 31.3 Å². The summed E-state index contributed by atoms with van der Waals surface area (Å²) in [5.74, 6) is -0.157. The van der Waals surface area contributed by atoms with Gasteiger partial charge in [0, 0.05) is 34.3 Å². The van der Waals surface area contributed by atoms with Crippen molar-refractivity contribution >= 4 is 50.7 Å². The molecule has 9 nitrogen and oxygen atoms in total. The van der Waals surface area contributed by atoms with E-state index in [1.165, 1.54) is 31.3 Å². The molecule has 1 aliphatic rings. The van der Waals surface area contributed by atoms with Gasteiger partial charge in [-0.3, -0.25) is 13.9 Å². The van der Waals surface area contributed by atoms with Gasteiger partial charge in [-0.1, -0.05) is 55.5 Å². The number of amides is 2. The van der Waals surface area contributed by atoms with E-state index in [0.717, 1.165) is 42.7 Å². The van der Waals surface area contributed by atoms with Crippen LogP contribution in [0, 0.1) is 0 Å². The summed E-state index contributed by atoms with van der Waals surface area (Å²) in [5, 5.41) is 3.78. The van der Waals surface area contributed by atoms with E-state index >= 15 is 0 Å². The number of carbonyl (C=O) groups excluding carboxylic acids is 2. The molecule has 2 aromatic rings. The van der Waals surface area contributed by atoms with Crippen molar-refractivity contribution in [2.45, 2.75) is 64.1 Å². The number of benzene rings is 2. The quantitative estimate of drug-likeness (QED) is 0.360. The first-order valence-corrected chi connectivity index (χ1v) is 15.8. The molecule has 1 aliphatic carbocycles. The van der Waals surface area contributed by atoms with Gasteiger partial charge in [0.1, 0.15) is 12.6 Å². The largest absolute Gasteiger partial charge is 0.493 e. The molecule has 0 unspecified atom stereocenters. The lowest BCUT2D eigenvalue weighted by molar-refractivity contribution is -0.140. The van der Waals surface area contributed by atoms with Gasteiger partial charge in [0.25, 0.3) is 0 Å². The van der Waals surface area contributed by atoms with Gasteiger partial charge in [0.05, 0.1) is 26.2 Å². The zero-order chi connectivity index (χ0) is 29.4. The molecule has 0 radical (unpaired) electrons. The summed E-state index contributed by atoms with van der Waals surface area (Å²) in [4.78, 5) is 28.9. The monoisotopic (exact) mass is 613 g/mol. The van der Waals surface area contributed by atoms with Crippen molar-refractivity contribution in [3.8, 4) is 11.5 Å². The maximum atomic E-state index is 14.0. The van der Waals surface area contributed by atoms with Crippen molar-refractivity contribution in [1.82, 2.24) is 10.2 Å². The fourth-order valence-corrected chi connectivity index (χ4v) is 6.27. The van der Waals surface area contributed by atoms with E-state index in [0.29, 0.717) is 33.5 Å². The number of hydrogen-bond acceptors (Lipinski definition) is 6. The third kappa shape index (κ3) is 7.95. The van der Waals surface area contributed by atoms with Crippen LogP contribution < -0.4 is 19.1 Å². The number of anilines is 1. The predicted molar refractivity (Wildman–Crippen MR) is 158 cm³/mol. The number of nitrogens with zero attached hydrogens (tertiary/aromatic N) is 2. The number of halogens is 2. The summed E-state index contributed by atoms with van der Waals surface area (Å²) >= 11 is 12.9. The number of carbonyl (C=O) groups is 2. The molecule has 0 spiro atoms. The SMILES string of the molecule is CC[C@H](C(=O)NC1CCCCC1)N(Cc1c(Cl)cccc1Cl)C(=O)CN(c1ccc(OC)c(OC)c1)S(C)(=O)=O. The molecule has 40 heavy (non-hydrogen) atoms. The highest BCUT2D eigenvalue weighted by Crippen LogP contribution is 2.33. The Morgan fingerprint density at radius 1 is 1.02 bits per heavy atom. The number of sulfonamides is 1. The van der Waals surface area contributed by atoms with Crippen LogP contribution in [0.4, 0.5) is 5.69 Å². The van der Waals surface area contributed by atoms with Gasteiger partial charge in [-0.2, -0.15) is 0 Å². The Kier molecular flexibility index (Phi) is 11.4. The fraction of sp³-hybridized carbons (Fsp3) is 0.500. The van der Waals surface area contributed by atoms with Gasteiger partial charge in [0.2, 0.25) is 21.8 Å². The topological polar surface area (TPSA) is 105 Å². The smallest absolute Gasteiger partial charge is 0.244 e. The zero-order valence-electron chi connectivity index (χ0n) is 23.3. The number of hydrogen-bond donors (Lipinski definition) is 1. The van der Waals surface area contributed by atoms with Crippen molar-refractivity contribution in [1.29, 1.82) is 0 Å². The standard InChI is InChI=1S/C28H37Cl2N3O6S/c1-5-24(28(35)31-19-10-7-6-8-11-19)32(17-21-22(29)12-9-13-23(21)30)27(34)18-33(40(4,36)37)20-14-15-25(38-2)26(16-20)39-3/h9,12-16,19,24H,5-8,10-11,17-18H2,1-4H3,(H,31,35)/t24-/m1/s1. The van der Waals surface area contributed by atoms with Crippen molar-refractivity contribution in [3.05, 3.63) is 52.0 Å². The Bertz CT molecular complexity index is 1280. The van der Waals surface area contributed by atoms with Crippen LogP contribution in [-0.2, 0) is 26.2 Å². The molecular formula is C28H37Cl2N3O6S. The van der Waals surface area contributed by atoms with E-state index < -0.39 is 28.5 Å². The van der Waals surface area contributed by atoms with Crippen LogP contribution in [0.5, 0.6) is 11.5 Å². The molecule has 1 saturated carbocycles. The van der Waals surface area contributed by atoms with E-state index in [2.05, 4.69) is 5.32 Å². The number of ether oxygens (including phenoxy) is 2. The lowest BCUT2D eigenvalue weighted by Gasteiger charge is -2.34. The molecular weight excluding hydrogens is 577 g/mol. The van der Waals surface area contributed by atoms with E-state index in [1.807, 2.05) is 6.92 Å². The molecule has 0 heterocycles. The van der Waals surface area contributed by atoms with Gasteiger partial charge in [-0.15, -0.1) is 0 Å². The zero-order valence-corrected chi connectivity index (χ0v) is 25.6. The molecule has 220 valence electrons. The Morgan fingerprint density at radius 3 is 2.20 bits per heavy atom. The second-order valence-electron chi connectivity index (χ2n) is 9.80. The molecule has 3 rings (SSSR count). The lowest BCUT2D eigenvalue weighted by atomic mass is 9.95. The molecule has 2 amide bonds. The normalized spacial score (nSPS) is 14.8. The fourth-order valence-electron chi connectivity index (χ4n) is 4.91. The molecule has 1 N–H and O–H groups in total.